The van der Waals surface area contributed by atoms with Gasteiger partial charge in [-0.15, -0.1) is 0 Å². The van der Waals surface area contributed by atoms with Gasteiger partial charge in [0.25, 0.3) is 0 Å². The van der Waals surface area contributed by atoms with Crippen molar-refractivity contribution in [1.82, 2.24) is 5.43 Å². The Balaban J connectivity index is 1.66. The number of carboxylic acids is 1. The summed E-state index contributed by atoms with van der Waals surface area (Å²) in [7, 11) is 1.53. The topological polar surface area (TPSA) is 109 Å². The van der Waals surface area contributed by atoms with Crippen LogP contribution < -0.4 is 20.2 Å². The van der Waals surface area contributed by atoms with Gasteiger partial charge in [0.15, 0.2) is 11.5 Å². The number of hydrogen-bond donors (Lipinski definition) is 3. The molecule has 3 aromatic rings. The molecule has 0 saturated carbocycles. The molecule has 32 heavy (non-hydrogen) atoms. The molecule has 0 spiro atoms. The quantitative estimate of drug-likeness (QED) is 0.360. The molecule has 0 aliphatic heterocycles. The van der Waals surface area contributed by atoms with Crippen LogP contribution in [0.1, 0.15) is 27.0 Å². The summed E-state index contributed by atoms with van der Waals surface area (Å²) in [6.07, 6.45) is 1.46. The molecule has 3 aromatic carbocycles. The van der Waals surface area contributed by atoms with Gasteiger partial charge >= 0.3 is 12.0 Å². The van der Waals surface area contributed by atoms with Gasteiger partial charge in [0.1, 0.15) is 6.61 Å². The number of carbonyl (C=O) groups excluding carboxylic acids is 1. The predicted molar refractivity (Wildman–Crippen MR) is 122 cm³/mol. The SMILES string of the molecule is COc1cccc(/C=N/NC(=O)Nc2ccc(C)cc2)c1OCc1ccc(C(=O)O)cc1. The van der Waals surface area contributed by atoms with E-state index in [1.165, 1.54) is 25.5 Å². The first-order valence-corrected chi connectivity index (χ1v) is 9.75. The van der Waals surface area contributed by atoms with Crippen molar-refractivity contribution in [3.63, 3.8) is 0 Å². The second kappa shape index (κ2) is 10.6. The normalized spacial score (nSPS) is 10.6. The lowest BCUT2D eigenvalue weighted by Crippen LogP contribution is -2.24. The van der Waals surface area contributed by atoms with Crippen LogP contribution in [0, 0.1) is 6.92 Å². The van der Waals surface area contributed by atoms with Crippen LogP contribution in [0.3, 0.4) is 0 Å². The fourth-order valence-corrected chi connectivity index (χ4v) is 2.81. The molecule has 0 saturated heterocycles. The van der Waals surface area contributed by atoms with Crippen LogP contribution in [0.2, 0.25) is 0 Å². The third-order valence-corrected chi connectivity index (χ3v) is 4.49. The van der Waals surface area contributed by atoms with Crippen molar-refractivity contribution in [3.05, 3.63) is 89.0 Å². The molecule has 3 rings (SSSR count). The number of aryl methyl sites for hydroxylation is 1. The summed E-state index contributed by atoms with van der Waals surface area (Å²) in [6, 6.07) is 18.6. The average molecular weight is 433 g/mol. The standard InChI is InChI=1S/C24H23N3O5/c1-16-6-12-20(13-7-16)26-24(30)27-25-14-19-4-3-5-21(31-2)22(19)32-15-17-8-10-18(11-9-17)23(28)29/h3-14H,15H2,1-2H3,(H,28,29)(H2,26,27,30)/b25-14+. The number of carbonyl (C=O) groups is 2. The minimum atomic E-state index is -0.986. The van der Waals surface area contributed by atoms with Gasteiger partial charge in [-0.3, -0.25) is 0 Å². The lowest BCUT2D eigenvalue weighted by atomic mass is 10.1. The minimum Gasteiger partial charge on any atom is -0.493 e. The monoisotopic (exact) mass is 433 g/mol. The minimum absolute atomic E-state index is 0.197. The third-order valence-electron chi connectivity index (χ3n) is 4.49. The van der Waals surface area contributed by atoms with E-state index in [0.29, 0.717) is 22.7 Å². The van der Waals surface area contributed by atoms with Gasteiger partial charge in [0.05, 0.1) is 18.9 Å². The van der Waals surface area contributed by atoms with Crippen LogP contribution in [0.25, 0.3) is 0 Å². The molecular weight excluding hydrogens is 410 g/mol. The number of rotatable bonds is 8. The molecule has 8 nitrogen and oxygen atoms in total. The highest BCUT2D eigenvalue weighted by Crippen LogP contribution is 2.30. The molecule has 0 aliphatic carbocycles. The molecule has 0 atom stereocenters. The number of hydrogen-bond acceptors (Lipinski definition) is 5. The Hall–Kier alpha value is -4.33. The van der Waals surface area contributed by atoms with Crippen LogP contribution in [0.4, 0.5) is 10.5 Å². The van der Waals surface area contributed by atoms with Crippen LogP contribution >= 0.6 is 0 Å². The van der Waals surface area contributed by atoms with Crippen molar-refractivity contribution < 1.29 is 24.2 Å². The van der Waals surface area contributed by atoms with Gasteiger partial charge in [-0.1, -0.05) is 35.9 Å². The van der Waals surface area contributed by atoms with Crippen molar-refractivity contribution in [2.45, 2.75) is 13.5 Å². The molecule has 0 aromatic heterocycles. The maximum atomic E-state index is 12.0. The van der Waals surface area contributed by atoms with Crippen LogP contribution in [-0.4, -0.2) is 30.4 Å². The summed E-state index contributed by atoms with van der Waals surface area (Å²) in [5.41, 5.74) is 5.76. The summed E-state index contributed by atoms with van der Waals surface area (Å²) in [6.45, 7) is 2.16. The van der Waals surface area contributed by atoms with E-state index in [-0.39, 0.29) is 12.2 Å². The van der Waals surface area contributed by atoms with E-state index in [1.807, 2.05) is 19.1 Å². The van der Waals surface area contributed by atoms with Crippen molar-refractivity contribution in [2.24, 2.45) is 5.10 Å². The second-order valence-electron chi connectivity index (χ2n) is 6.86. The maximum absolute atomic E-state index is 12.0. The van der Waals surface area contributed by atoms with Crippen LogP contribution in [0.15, 0.2) is 71.8 Å². The Labute approximate surface area is 185 Å². The van der Waals surface area contributed by atoms with Gasteiger partial charge in [-0.25, -0.2) is 15.0 Å². The highest BCUT2D eigenvalue weighted by molar-refractivity contribution is 5.91. The van der Waals surface area contributed by atoms with Crippen molar-refractivity contribution >= 4 is 23.9 Å². The van der Waals surface area contributed by atoms with Gasteiger partial charge in [-0.05, 0) is 48.9 Å². The Bertz CT molecular complexity index is 1110. The van der Waals surface area contributed by atoms with E-state index in [9.17, 15) is 9.59 Å². The van der Waals surface area contributed by atoms with E-state index in [4.69, 9.17) is 14.6 Å². The summed E-state index contributed by atoms with van der Waals surface area (Å²) in [4.78, 5) is 23.0. The number of carboxylic acid groups (broad SMARTS) is 1. The smallest absolute Gasteiger partial charge is 0.339 e. The molecule has 3 N–H and O–H groups in total. The molecule has 0 fully saturated rings. The third kappa shape index (κ3) is 6.09. The Morgan fingerprint density at radius 3 is 2.41 bits per heavy atom. The van der Waals surface area contributed by atoms with Crippen molar-refractivity contribution in [3.8, 4) is 11.5 Å². The molecule has 8 heteroatoms. The molecule has 0 unspecified atom stereocenters. The number of nitrogens with zero attached hydrogens (tertiary/aromatic N) is 1. The fraction of sp³-hybridized carbons (Fsp3) is 0.125. The van der Waals surface area contributed by atoms with Gasteiger partial charge in [0.2, 0.25) is 0 Å². The first-order valence-electron chi connectivity index (χ1n) is 9.75. The first kappa shape index (κ1) is 22.4. The molecular formula is C24H23N3O5. The van der Waals surface area contributed by atoms with Gasteiger partial charge in [0, 0.05) is 11.3 Å². The van der Waals surface area contributed by atoms with Crippen molar-refractivity contribution in [1.29, 1.82) is 0 Å². The first-order chi connectivity index (χ1) is 15.5. The molecule has 164 valence electrons. The Kier molecular flexibility index (Phi) is 7.42. The highest BCUT2D eigenvalue weighted by atomic mass is 16.5. The van der Waals surface area contributed by atoms with Crippen LogP contribution in [0.5, 0.6) is 11.5 Å². The summed E-state index contributed by atoms with van der Waals surface area (Å²) in [5, 5.41) is 15.7. The molecule has 0 heterocycles. The number of anilines is 1. The van der Waals surface area contributed by atoms with E-state index in [2.05, 4.69) is 15.8 Å². The van der Waals surface area contributed by atoms with Crippen LogP contribution in [-0.2, 0) is 6.61 Å². The molecule has 0 radical (unpaired) electrons. The number of methoxy groups -OCH3 is 1. The van der Waals surface area contributed by atoms with E-state index < -0.39 is 12.0 Å². The van der Waals surface area contributed by atoms with Gasteiger partial charge in [-0.2, -0.15) is 5.10 Å². The largest absolute Gasteiger partial charge is 0.493 e. The lowest BCUT2D eigenvalue weighted by Gasteiger charge is -2.13. The van der Waals surface area contributed by atoms with Gasteiger partial charge < -0.3 is 19.9 Å². The number of para-hydroxylation sites is 1. The average Bonchev–Trinajstić information content (AvgIpc) is 2.79. The molecule has 0 aliphatic rings. The fourth-order valence-electron chi connectivity index (χ4n) is 2.81. The highest BCUT2D eigenvalue weighted by Gasteiger charge is 2.10. The zero-order valence-electron chi connectivity index (χ0n) is 17.7. The lowest BCUT2D eigenvalue weighted by molar-refractivity contribution is 0.0696. The van der Waals surface area contributed by atoms with Crippen molar-refractivity contribution in [2.75, 3.05) is 12.4 Å². The summed E-state index contributed by atoms with van der Waals surface area (Å²) < 4.78 is 11.3. The van der Waals surface area contributed by atoms with E-state index >= 15 is 0 Å². The molecule has 0 bridgehead atoms. The predicted octanol–water partition coefficient (Wildman–Crippen LogP) is 4.44. The number of amides is 2. The summed E-state index contributed by atoms with van der Waals surface area (Å²) >= 11 is 0. The number of urea groups is 1. The molecule has 2 amide bonds. The number of hydrazone groups is 1. The number of aromatic carboxylic acids is 1. The van der Waals surface area contributed by atoms with E-state index in [1.54, 1.807) is 42.5 Å². The Morgan fingerprint density at radius 1 is 1.03 bits per heavy atom. The zero-order chi connectivity index (χ0) is 22.9. The zero-order valence-corrected chi connectivity index (χ0v) is 17.7. The number of nitrogens with one attached hydrogen (secondary N) is 2. The number of benzene rings is 3. The second-order valence-corrected chi connectivity index (χ2v) is 6.86. The number of ether oxygens (including phenoxy) is 2. The maximum Gasteiger partial charge on any atom is 0.339 e. The summed E-state index contributed by atoms with van der Waals surface area (Å²) in [5.74, 6) is -0.0402. The Morgan fingerprint density at radius 2 is 1.75 bits per heavy atom. The van der Waals surface area contributed by atoms with E-state index in [0.717, 1.165) is 11.1 Å².